The van der Waals surface area contributed by atoms with E-state index >= 15 is 0 Å². The minimum atomic E-state index is -0.216. The van der Waals surface area contributed by atoms with Crippen LogP contribution in [-0.2, 0) is 11.2 Å². The highest BCUT2D eigenvalue weighted by molar-refractivity contribution is 6.30. The minimum absolute atomic E-state index is 0.216. The van der Waals surface area contributed by atoms with Crippen LogP contribution in [0.2, 0.25) is 5.02 Å². The highest BCUT2D eigenvalue weighted by Crippen LogP contribution is 2.43. The first-order valence-corrected chi connectivity index (χ1v) is 8.76. The summed E-state index contributed by atoms with van der Waals surface area (Å²) in [4.78, 5) is 15.2. The van der Waals surface area contributed by atoms with Gasteiger partial charge in [0.05, 0.1) is 5.41 Å². The number of amides is 1. The summed E-state index contributed by atoms with van der Waals surface area (Å²) in [6.45, 7) is 1.63. The van der Waals surface area contributed by atoms with Crippen LogP contribution in [-0.4, -0.2) is 29.9 Å². The van der Waals surface area contributed by atoms with E-state index in [2.05, 4.69) is 11.0 Å². The number of rotatable bonds is 3. The van der Waals surface area contributed by atoms with Crippen molar-refractivity contribution in [2.75, 3.05) is 13.1 Å². The van der Waals surface area contributed by atoms with E-state index in [1.54, 1.807) is 0 Å². The predicted molar refractivity (Wildman–Crippen MR) is 89.8 cm³/mol. The van der Waals surface area contributed by atoms with Gasteiger partial charge in [-0.05, 0) is 49.8 Å². The Labute approximate surface area is 137 Å². The summed E-state index contributed by atoms with van der Waals surface area (Å²) >= 11 is 6.11. The van der Waals surface area contributed by atoms with E-state index in [1.165, 1.54) is 5.56 Å². The minimum Gasteiger partial charge on any atom is -0.342 e. The summed E-state index contributed by atoms with van der Waals surface area (Å²) < 4.78 is 0. The Balaban J connectivity index is 1.77. The Morgan fingerprint density at radius 3 is 2.59 bits per heavy atom. The van der Waals surface area contributed by atoms with E-state index < -0.39 is 0 Å². The van der Waals surface area contributed by atoms with Crippen LogP contribution in [0.4, 0.5) is 0 Å². The second-order valence-electron chi connectivity index (χ2n) is 6.92. The third-order valence-electron chi connectivity index (χ3n) is 5.27. The van der Waals surface area contributed by atoms with Crippen LogP contribution in [0.5, 0.6) is 0 Å². The van der Waals surface area contributed by atoms with Gasteiger partial charge in [0.15, 0.2) is 0 Å². The maximum Gasteiger partial charge on any atom is 0.229 e. The summed E-state index contributed by atoms with van der Waals surface area (Å²) in [5, 5.41) is 0.752. The van der Waals surface area contributed by atoms with Gasteiger partial charge in [-0.25, -0.2) is 0 Å². The van der Waals surface area contributed by atoms with Crippen molar-refractivity contribution in [2.24, 2.45) is 11.1 Å². The molecule has 1 aliphatic carbocycles. The van der Waals surface area contributed by atoms with Crippen LogP contribution in [0.25, 0.3) is 0 Å². The average molecular weight is 321 g/mol. The number of likely N-dealkylation sites (tertiary alicyclic amines) is 1. The monoisotopic (exact) mass is 320 g/mol. The number of hydrogen-bond acceptors (Lipinski definition) is 2. The van der Waals surface area contributed by atoms with Gasteiger partial charge in [-0.15, -0.1) is 0 Å². The van der Waals surface area contributed by atoms with Crippen LogP contribution in [0.15, 0.2) is 24.3 Å². The third kappa shape index (κ3) is 3.31. The summed E-state index contributed by atoms with van der Waals surface area (Å²) in [6, 6.07) is 8.22. The second kappa shape index (κ2) is 6.59. The number of hydrogen-bond donors (Lipinski definition) is 1. The van der Waals surface area contributed by atoms with Gasteiger partial charge in [0.25, 0.3) is 0 Å². The fourth-order valence-electron chi connectivity index (χ4n) is 3.99. The topological polar surface area (TPSA) is 46.3 Å². The third-order valence-corrected chi connectivity index (χ3v) is 5.51. The largest absolute Gasteiger partial charge is 0.342 e. The Bertz CT molecular complexity index is 532. The molecule has 1 saturated heterocycles. The zero-order valence-corrected chi connectivity index (χ0v) is 13.8. The molecule has 1 amide bonds. The zero-order chi connectivity index (χ0) is 15.6. The van der Waals surface area contributed by atoms with Gasteiger partial charge < -0.3 is 10.6 Å². The lowest BCUT2D eigenvalue weighted by Gasteiger charge is -2.38. The number of carbonyl (C=O) groups excluding carboxylic acids is 1. The standard InChI is InChI=1S/C18H25ClN2O/c19-15-5-3-4-14(12-15)13-18(8-1-2-9-18)17(22)21-10-6-16(20)7-11-21/h3-5,12,16H,1-2,6-11,13,20H2. The molecule has 2 fully saturated rings. The number of nitrogens with zero attached hydrogens (tertiary/aromatic N) is 1. The van der Waals surface area contributed by atoms with Crippen LogP contribution in [0, 0.1) is 5.41 Å². The summed E-state index contributed by atoms with van der Waals surface area (Å²) in [5.41, 5.74) is 6.93. The van der Waals surface area contributed by atoms with Crippen molar-refractivity contribution in [3.05, 3.63) is 34.9 Å². The van der Waals surface area contributed by atoms with E-state index in [-0.39, 0.29) is 11.5 Å². The quantitative estimate of drug-likeness (QED) is 0.928. The maximum atomic E-state index is 13.2. The Morgan fingerprint density at radius 1 is 1.27 bits per heavy atom. The van der Waals surface area contributed by atoms with E-state index in [1.807, 2.05) is 18.2 Å². The number of nitrogens with two attached hydrogens (primary N) is 1. The van der Waals surface area contributed by atoms with E-state index in [0.717, 1.165) is 63.1 Å². The molecule has 0 atom stereocenters. The fourth-order valence-corrected chi connectivity index (χ4v) is 4.21. The number of benzene rings is 1. The molecule has 3 rings (SSSR count). The van der Waals surface area contributed by atoms with Crippen molar-refractivity contribution in [1.82, 2.24) is 4.90 Å². The number of piperidine rings is 1. The average Bonchev–Trinajstić information content (AvgIpc) is 2.97. The Morgan fingerprint density at radius 2 is 1.95 bits per heavy atom. The van der Waals surface area contributed by atoms with Crippen molar-refractivity contribution in [3.63, 3.8) is 0 Å². The zero-order valence-electron chi connectivity index (χ0n) is 13.1. The molecule has 22 heavy (non-hydrogen) atoms. The Hall–Kier alpha value is -1.06. The molecule has 0 aromatic heterocycles. The summed E-state index contributed by atoms with van der Waals surface area (Å²) in [5.74, 6) is 0.344. The van der Waals surface area contributed by atoms with Crippen molar-refractivity contribution in [3.8, 4) is 0 Å². The van der Waals surface area contributed by atoms with E-state index in [9.17, 15) is 4.79 Å². The van der Waals surface area contributed by atoms with Gasteiger partial charge in [0.1, 0.15) is 0 Å². The van der Waals surface area contributed by atoms with E-state index in [0.29, 0.717) is 5.91 Å². The lowest BCUT2D eigenvalue weighted by molar-refractivity contribution is -0.143. The molecule has 120 valence electrons. The van der Waals surface area contributed by atoms with Crippen molar-refractivity contribution >= 4 is 17.5 Å². The number of carbonyl (C=O) groups is 1. The second-order valence-corrected chi connectivity index (χ2v) is 7.36. The van der Waals surface area contributed by atoms with Gasteiger partial charge in [0.2, 0.25) is 5.91 Å². The van der Waals surface area contributed by atoms with Gasteiger partial charge in [0, 0.05) is 24.2 Å². The molecular formula is C18H25ClN2O. The molecular weight excluding hydrogens is 296 g/mol. The molecule has 0 radical (unpaired) electrons. The summed E-state index contributed by atoms with van der Waals surface area (Å²) in [6.07, 6.45) is 6.98. The SMILES string of the molecule is NC1CCN(C(=O)C2(Cc3cccc(Cl)c3)CCCC2)CC1. The molecule has 0 spiro atoms. The van der Waals surface area contributed by atoms with Crippen LogP contribution >= 0.6 is 11.6 Å². The molecule has 0 unspecified atom stereocenters. The molecule has 2 N–H and O–H groups in total. The van der Waals surface area contributed by atoms with Crippen LogP contribution in [0.3, 0.4) is 0 Å². The molecule has 4 heteroatoms. The molecule has 1 aromatic carbocycles. The highest BCUT2D eigenvalue weighted by Gasteiger charge is 2.43. The fraction of sp³-hybridized carbons (Fsp3) is 0.611. The van der Waals surface area contributed by atoms with Gasteiger partial charge in [-0.2, -0.15) is 0 Å². The number of halogens is 1. The first-order valence-electron chi connectivity index (χ1n) is 8.38. The molecule has 1 saturated carbocycles. The normalized spacial score (nSPS) is 22.0. The summed E-state index contributed by atoms with van der Waals surface area (Å²) in [7, 11) is 0. The van der Waals surface area contributed by atoms with Crippen molar-refractivity contribution < 1.29 is 4.79 Å². The van der Waals surface area contributed by atoms with E-state index in [4.69, 9.17) is 17.3 Å². The lowest BCUT2D eigenvalue weighted by atomic mass is 9.78. The first-order chi connectivity index (χ1) is 10.6. The van der Waals surface area contributed by atoms with Crippen molar-refractivity contribution in [2.45, 2.75) is 51.0 Å². The van der Waals surface area contributed by atoms with Crippen LogP contribution in [0.1, 0.15) is 44.1 Å². The molecule has 1 aliphatic heterocycles. The maximum absolute atomic E-state index is 13.2. The van der Waals surface area contributed by atoms with Crippen molar-refractivity contribution in [1.29, 1.82) is 0 Å². The lowest BCUT2D eigenvalue weighted by Crippen LogP contribution is -2.49. The molecule has 2 aliphatic rings. The smallest absolute Gasteiger partial charge is 0.229 e. The van der Waals surface area contributed by atoms with Gasteiger partial charge in [-0.3, -0.25) is 4.79 Å². The predicted octanol–water partition coefficient (Wildman–Crippen LogP) is 3.39. The van der Waals surface area contributed by atoms with Gasteiger partial charge >= 0.3 is 0 Å². The molecule has 0 bridgehead atoms. The molecule has 1 heterocycles. The Kier molecular flexibility index (Phi) is 4.74. The molecule has 3 nitrogen and oxygen atoms in total. The highest BCUT2D eigenvalue weighted by atomic mass is 35.5. The van der Waals surface area contributed by atoms with Gasteiger partial charge in [-0.1, -0.05) is 36.6 Å². The van der Waals surface area contributed by atoms with Crippen LogP contribution < -0.4 is 5.73 Å². The molecule has 1 aromatic rings. The first kappa shape index (κ1) is 15.8.